The van der Waals surface area contributed by atoms with E-state index in [1.807, 2.05) is 0 Å². The number of hydrogen-bond donors (Lipinski definition) is 2. The van der Waals surface area contributed by atoms with Gasteiger partial charge >= 0.3 is 0 Å². The highest BCUT2D eigenvalue weighted by Crippen LogP contribution is 2.23. The molecule has 0 bridgehead atoms. The molecule has 110 valence electrons. The van der Waals surface area contributed by atoms with E-state index in [4.69, 9.17) is 0 Å². The summed E-state index contributed by atoms with van der Waals surface area (Å²) >= 11 is 0. The molecule has 0 aromatic carbocycles. The third-order valence-electron chi connectivity index (χ3n) is 4.15. The zero-order valence-corrected chi connectivity index (χ0v) is 12.2. The molecule has 2 aliphatic carbocycles. The Balaban J connectivity index is 1.73. The average molecular weight is 288 g/mol. The first kappa shape index (κ1) is 14.8. The lowest BCUT2D eigenvalue weighted by molar-refractivity contribution is -0.120. The van der Waals surface area contributed by atoms with Gasteiger partial charge in [-0.25, -0.2) is 13.1 Å². The summed E-state index contributed by atoms with van der Waals surface area (Å²) in [5.41, 5.74) is 0. The predicted molar refractivity (Wildman–Crippen MR) is 74.2 cm³/mol. The Morgan fingerprint density at radius 3 is 2.16 bits per heavy atom. The van der Waals surface area contributed by atoms with Gasteiger partial charge < -0.3 is 5.32 Å². The van der Waals surface area contributed by atoms with E-state index in [0.29, 0.717) is 0 Å². The second kappa shape index (κ2) is 6.70. The summed E-state index contributed by atoms with van der Waals surface area (Å²) in [6.07, 6.45) is 8.96. The molecule has 0 radical (unpaired) electrons. The van der Waals surface area contributed by atoms with Gasteiger partial charge in [-0.15, -0.1) is 0 Å². The van der Waals surface area contributed by atoms with Crippen molar-refractivity contribution in [3.63, 3.8) is 0 Å². The number of rotatable bonds is 5. The van der Waals surface area contributed by atoms with Crippen molar-refractivity contribution in [2.75, 3.05) is 6.54 Å². The molecular weight excluding hydrogens is 264 g/mol. The molecule has 2 fully saturated rings. The molecule has 6 heteroatoms. The largest absolute Gasteiger partial charge is 0.352 e. The van der Waals surface area contributed by atoms with E-state index in [-0.39, 0.29) is 23.7 Å². The standard InChI is InChI=1S/C13H24N2O3S/c16-13(15-11-6-2-1-3-7-11)10-14-19(17,18)12-8-4-5-9-12/h11-12,14H,1-10H2,(H,15,16). The van der Waals surface area contributed by atoms with E-state index < -0.39 is 10.0 Å². The van der Waals surface area contributed by atoms with Crippen molar-refractivity contribution in [2.24, 2.45) is 0 Å². The lowest BCUT2D eigenvalue weighted by Gasteiger charge is -2.23. The fourth-order valence-corrected chi connectivity index (χ4v) is 4.53. The summed E-state index contributed by atoms with van der Waals surface area (Å²) in [5.74, 6) is -0.200. The molecule has 19 heavy (non-hydrogen) atoms. The molecule has 2 aliphatic rings. The molecular formula is C13H24N2O3S. The monoisotopic (exact) mass is 288 g/mol. The van der Waals surface area contributed by atoms with Crippen LogP contribution in [-0.4, -0.2) is 32.2 Å². The molecule has 2 N–H and O–H groups in total. The van der Waals surface area contributed by atoms with Crippen LogP contribution in [-0.2, 0) is 14.8 Å². The summed E-state index contributed by atoms with van der Waals surface area (Å²) in [6.45, 7) is -0.116. The van der Waals surface area contributed by atoms with E-state index >= 15 is 0 Å². The third-order valence-corrected chi connectivity index (χ3v) is 6.04. The normalized spacial score (nSPS) is 22.5. The first-order valence-corrected chi connectivity index (χ1v) is 8.90. The molecule has 2 saturated carbocycles. The smallest absolute Gasteiger partial charge is 0.235 e. The Hall–Kier alpha value is -0.620. The fourth-order valence-electron chi connectivity index (χ4n) is 3.01. The van der Waals surface area contributed by atoms with Crippen LogP contribution in [0.15, 0.2) is 0 Å². The van der Waals surface area contributed by atoms with Crippen LogP contribution in [0.5, 0.6) is 0 Å². The van der Waals surface area contributed by atoms with Gasteiger partial charge in [-0.05, 0) is 25.7 Å². The number of hydrogen-bond acceptors (Lipinski definition) is 3. The van der Waals surface area contributed by atoms with Crippen molar-refractivity contribution in [1.82, 2.24) is 10.0 Å². The van der Waals surface area contributed by atoms with Gasteiger partial charge in [0.25, 0.3) is 0 Å². The molecule has 0 aliphatic heterocycles. The van der Waals surface area contributed by atoms with Crippen LogP contribution in [0, 0.1) is 0 Å². The second-order valence-corrected chi connectivity index (χ2v) is 7.72. The molecule has 2 rings (SSSR count). The Kier molecular flexibility index (Phi) is 5.21. The molecule has 0 aromatic rings. The van der Waals surface area contributed by atoms with Crippen LogP contribution < -0.4 is 10.0 Å². The molecule has 0 spiro atoms. The van der Waals surface area contributed by atoms with Crippen LogP contribution in [0.25, 0.3) is 0 Å². The SMILES string of the molecule is O=C(CNS(=O)(=O)C1CCCC1)NC1CCCCC1. The molecule has 0 atom stereocenters. The highest BCUT2D eigenvalue weighted by Gasteiger charge is 2.29. The molecule has 0 heterocycles. The zero-order chi connectivity index (χ0) is 13.7. The van der Waals surface area contributed by atoms with Gasteiger partial charge in [-0.2, -0.15) is 0 Å². The summed E-state index contributed by atoms with van der Waals surface area (Å²) in [6, 6.07) is 0.234. The maximum atomic E-state index is 11.9. The first-order chi connectivity index (χ1) is 9.08. The fraction of sp³-hybridized carbons (Fsp3) is 0.923. The molecule has 5 nitrogen and oxygen atoms in total. The van der Waals surface area contributed by atoms with E-state index in [0.717, 1.165) is 51.4 Å². The van der Waals surface area contributed by atoms with Gasteiger partial charge in [-0.3, -0.25) is 4.79 Å². The number of sulfonamides is 1. The number of carbonyl (C=O) groups is 1. The van der Waals surface area contributed by atoms with Crippen LogP contribution in [0.3, 0.4) is 0 Å². The van der Waals surface area contributed by atoms with Gasteiger partial charge in [0.05, 0.1) is 11.8 Å². The molecule has 0 unspecified atom stereocenters. The second-order valence-electron chi connectivity index (χ2n) is 5.68. The van der Waals surface area contributed by atoms with Gasteiger partial charge in [-0.1, -0.05) is 32.1 Å². The van der Waals surface area contributed by atoms with E-state index in [1.54, 1.807) is 0 Å². The van der Waals surface area contributed by atoms with Crippen molar-refractivity contribution < 1.29 is 13.2 Å². The van der Waals surface area contributed by atoms with Gasteiger partial charge in [0.1, 0.15) is 0 Å². The van der Waals surface area contributed by atoms with Crippen LogP contribution in [0.2, 0.25) is 0 Å². The van der Waals surface area contributed by atoms with Crippen molar-refractivity contribution in [3.05, 3.63) is 0 Å². The lowest BCUT2D eigenvalue weighted by atomic mass is 9.95. The predicted octanol–water partition coefficient (Wildman–Crippen LogP) is 1.30. The van der Waals surface area contributed by atoms with Crippen LogP contribution >= 0.6 is 0 Å². The Morgan fingerprint density at radius 2 is 1.53 bits per heavy atom. The average Bonchev–Trinajstić information content (AvgIpc) is 2.92. The molecule has 0 saturated heterocycles. The van der Waals surface area contributed by atoms with Gasteiger partial charge in [0.15, 0.2) is 0 Å². The quantitative estimate of drug-likeness (QED) is 0.800. The highest BCUT2D eigenvalue weighted by atomic mass is 32.2. The van der Waals surface area contributed by atoms with Gasteiger partial charge in [0, 0.05) is 6.04 Å². The molecule has 1 amide bonds. The van der Waals surface area contributed by atoms with Gasteiger partial charge in [0.2, 0.25) is 15.9 Å². The maximum absolute atomic E-state index is 11.9. The van der Waals surface area contributed by atoms with Crippen molar-refractivity contribution >= 4 is 15.9 Å². The van der Waals surface area contributed by atoms with E-state index in [9.17, 15) is 13.2 Å². The number of amides is 1. The number of nitrogens with one attached hydrogen (secondary N) is 2. The van der Waals surface area contributed by atoms with E-state index in [2.05, 4.69) is 10.0 Å². The lowest BCUT2D eigenvalue weighted by Crippen LogP contribution is -2.44. The zero-order valence-electron chi connectivity index (χ0n) is 11.4. The third kappa shape index (κ3) is 4.45. The summed E-state index contributed by atoms with van der Waals surface area (Å²) in [7, 11) is -3.31. The van der Waals surface area contributed by atoms with Crippen molar-refractivity contribution in [3.8, 4) is 0 Å². The van der Waals surface area contributed by atoms with E-state index in [1.165, 1.54) is 6.42 Å². The highest BCUT2D eigenvalue weighted by molar-refractivity contribution is 7.90. The molecule has 0 aromatic heterocycles. The van der Waals surface area contributed by atoms with Crippen molar-refractivity contribution in [1.29, 1.82) is 0 Å². The van der Waals surface area contributed by atoms with Crippen LogP contribution in [0.1, 0.15) is 57.8 Å². The number of carbonyl (C=O) groups excluding carboxylic acids is 1. The Bertz CT molecular complexity index is 396. The minimum absolute atomic E-state index is 0.116. The Morgan fingerprint density at radius 1 is 0.947 bits per heavy atom. The van der Waals surface area contributed by atoms with Crippen molar-refractivity contribution in [2.45, 2.75) is 69.1 Å². The Labute approximate surface area is 115 Å². The topological polar surface area (TPSA) is 75.3 Å². The first-order valence-electron chi connectivity index (χ1n) is 7.36. The summed E-state index contributed by atoms with van der Waals surface area (Å²) < 4.78 is 26.3. The minimum atomic E-state index is -3.31. The minimum Gasteiger partial charge on any atom is -0.352 e. The summed E-state index contributed by atoms with van der Waals surface area (Å²) in [4.78, 5) is 11.7. The maximum Gasteiger partial charge on any atom is 0.235 e. The van der Waals surface area contributed by atoms with Crippen LogP contribution in [0.4, 0.5) is 0 Å². The summed E-state index contributed by atoms with van der Waals surface area (Å²) in [5, 5.41) is 2.62.